The fraction of sp³-hybridized carbons (Fsp3) is 0.636. The molecular formula is C11H17N5O2. The molecule has 0 unspecified atom stereocenters. The van der Waals surface area contributed by atoms with E-state index in [1.54, 1.807) is 4.90 Å². The highest BCUT2D eigenvalue weighted by Gasteiger charge is 2.23. The maximum Gasteiger partial charge on any atom is 0.276 e. The van der Waals surface area contributed by atoms with Gasteiger partial charge in [-0.15, -0.1) is 0 Å². The molecule has 1 saturated heterocycles. The van der Waals surface area contributed by atoms with Crippen LogP contribution in [0.2, 0.25) is 0 Å². The molecular weight excluding hydrogens is 234 g/mol. The predicted molar refractivity (Wildman–Crippen MR) is 63.8 cm³/mol. The molecule has 7 heteroatoms. The lowest BCUT2D eigenvalue weighted by Crippen LogP contribution is -2.37. The first-order valence-corrected chi connectivity index (χ1v) is 6.15. The Morgan fingerprint density at radius 3 is 2.67 bits per heavy atom. The van der Waals surface area contributed by atoms with Crippen molar-refractivity contribution >= 4 is 11.8 Å². The Hall–Kier alpha value is -1.92. The van der Waals surface area contributed by atoms with Gasteiger partial charge in [0.15, 0.2) is 5.69 Å². The highest BCUT2D eigenvalue weighted by Crippen LogP contribution is 2.07. The van der Waals surface area contributed by atoms with Crippen molar-refractivity contribution < 1.29 is 9.59 Å². The lowest BCUT2D eigenvalue weighted by atomic mass is 10.3. The van der Waals surface area contributed by atoms with Crippen molar-refractivity contribution in [3.05, 3.63) is 11.9 Å². The second-order valence-electron chi connectivity index (χ2n) is 4.24. The van der Waals surface area contributed by atoms with E-state index in [9.17, 15) is 9.59 Å². The molecule has 1 aliphatic heterocycles. The summed E-state index contributed by atoms with van der Waals surface area (Å²) in [5.74, 6) is 0.0142. The van der Waals surface area contributed by atoms with E-state index in [4.69, 9.17) is 0 Å². The molecule has 1 aromatic rings. The third-order valence-electron chi connectivity index (χ3n) is 3.07. The fourth-order valence-corrected chi connectivity index (χ4v) is 2.06. The Balaban J connectivity index is 1.97. The molecule has 0 bridgehead atoms. The molecule has 1 fully saturated rings. The molecule has 18 heavy (non-hydrogen) atoms. The van der Waals surface area contributed by atoms with Crippen LogP contribution in [-0.2, 0) is 4.79 Å². The van der Waals surface area contributed by atoms with Crippen LogP contribution < -0.4 is 0 Å². The third kappa shape index (κ3) is 2.66. The fourth-order valence-electron chi connectivity index (χ4n) is 2.06. The Morgan fingerprint density at radius 2 is 2.00 bits per heavy atom. The maximum atomic E-state index is 12.1. The number of carbonyl (C=O) groups is 2. The second kappa shape index (κ2) is 5.61. The van der Waals surface area contributed by atoms with Crippen LogP contribution in [0.3, 0.4) is 0 Å². The van der Waals surface area contributed by atoms with Crippen molar-refractivity contribution in [2.45, 2.75) is 19.8 Å². The number of nitrogens with zero attached hydrogens (tertiary/aromatic N) is 4. The van der Waals surface area contributed by atoms with Crippen molar-refractivity contribution in [2.75, 3.05) is 26.2 Å². The van der Waals surface area contributed by atoms with Gasteiger partial charge in [-0.3, -0.25) is 9.59 Å². The zero-order valence-electron chi connectivity index (χ0n) is 10.4. The predicted octanol–water partition coefficient (Wildman–Crippen LogP) is -0.111. The summed E-state index contributed by atoms with van der Waals surface area (Å²) < 4.78 is 0. The molecule has 0 aromatic carbocycles. The van der Waals surface area contributed by atoms with E-state index in [0.717, 1.165) is 13.0 Å². The van der Waals surface area contributed by atoms with Crippen LogP contribution in [0, 0.1) is 0 Å². The Bertz CT molecular complexity index is 417. The first kappa shape index (κ1) is 12.5. The van der Waals surface area contributed by atoms with E-state index in [-0.39, 0.29) is 11.8 Å². The average molecular weight is 251 g/mol. The standard InChI is InChI=1S/C11H17N5O2/c1-2-10(17)15-4-3-5-16(7-6-15)11(18)9-8-12-14-13-9/h8H,2-7H2,1H3,(H,12,13,14). The van der Waals surface area contributed by atoms with Crippen molar-refractivity contribution in [1.29, 1.82) is 0 Å². The third-order valence-corrected chi connectivity index (χ3v) is 3.07. The molecule has 0 radical (unpaired) electrons. The largest absolute Gasteiger partial charge is 0.341 e. The minimum Gasteiger partial charge on any atom is -0.341 e. The summed E-state index contributed by atoms with van der Waals surface area (Å²) in [6.07, 6.45) is 2.73. The van der Waals surface area contributed by atoms with E-state index in [0.29, 0.717) is 31.7 Å². The smallest absolute Gasteiger partial charge is 0.276 e. The van der Waals surface area contributed by atoms with E-state index >= 15 is 0 Å². The SMILES string of the molecule is CCC(=O)N1CCCN(C(=O)c2cn[nH]n2)CC1. The Kier molecular flexibility index (Phi) is 3.91. The molecule has 2 rings (SSSR count). The molecule has 7 nitrogen and oxygen atoms in total. The zero-order chi connectivity index (χ0) is 13.0. The number of nitrogens with one attached hydrogen (secondary N) is 1. The number of aromatic nitrogens is 3. The average Bonchev–Trinajstić information content (AvgIpc) is 2.81. The van der Waals surface area contributed by atoms with Crippen molar-refractivity contribution in [1.82, 2.24) is 25.2 Å². The second-order valence-corrected chi connectivity index (χ2v) is 4.24. The summed E-state index contributed by atoms with van der Waals surface area (Å²) in [6, 6.07) is 0. The number of H-pyrrole nitrogens is 1. The maximum absolute atomic E-state index is 12.1. The monoisotopic (exact) mass is 251 g/mol. The van der Waals surface area contributed by atoms with Crippen LogP contribution in [0.15, 0.2) is 6.20 Å². The van der Waals surface area contributed by atoms with Crippen LogP contribution in [0.1, 0.15) is 30.3 Å². The highest BCUT2D eigenvalue weighted by atomic mass is 16.2. The summed E-state index contributed by atoms with van der Waals surface area (Å²) >= 11 is 0. The van der Waals surface area contributed by atoms with Crippen LogP contribution in [0.5, 0.6) is 0 Å². The van der Waals surface area contributed by atoms with E-state index in [2.05, 4.69) is 15.4 Å². The quantitative estimate of drug-likeness (QED) is 0.795. The number of carbonyl (C=O) groups excluding carboxylic acids is 2. The molecule has 1 N–H and O–H groups in total. The van der Waals surface area contributed by atoms with Gasteiger partial charge in [-0.2, -0.15) is 15.4 Å². The van der Waals surface area contributed by atoms with Crippen molar-refractivity contribution in [3.63, 3.8) is 0 Å². The summed E-state index contributed by atoms with van der Waals surface area (Å²) in [5, 5.41) is 9.84. The number of hydrogen-bond donors (Lipinski definition) is 1. The topological polar surface area (TPSA) is 82.2 Å². The lowest BCUT2D eigenvalue weighted by Gasteiger charge is -2.21. The van der Waals surface area contributed by atoms with Crippen LogP contribution >= 0.6 is 0 Å². The van der Waals surface area contributed by atoms with E-state index in [1.807, 2.05) is 11.8 Å². The minimum atomic E-state index is -0.130. The molecule has 0 atom stereocenters. The zero-order valence-corrected chi connectivity index (χ0v) is 10.4. The molecule has 0 saturated carbocycles. The Morgan fingerprint density at radius 1 is 1.28 bits per heavy atom. The number of hydrogen-bond acceptors (Lipinski definition) is 4. The first-order chi connectivity index (χ1) is 8.72. The highest BCUT2D eigenvalue weighted by molar-refractivity contribution is 5.92. The normalized spacial score (nSPS) is 16.5. The molecule has 2 heterocycles. The van der Waals surface area contributed by atoms with Gasteiger partial charge in [0.2, 0.25) is 5.91 Å². The Labute approximate surface area is 105 Å². The first-order valence-electron chi connectivity index (χ1n) is 6.15. The van der Waals surface area contributed by atoms with Crippen LogP contribution in [0.4, 0.5) is 0 Å². The molecule has 0 spiro atoms. The van der Waals surface area contributed by atoms with Gasteiger partial charge in [0.1, 0.15) is 0 Å². The van der Waals surface area contributed by atoms with Gasteiger partial charge in [0.25, 0.3) is 5.91 Å². The van der Waals surface area contributed by atoms with E-state index in [1.165, 1.54) is 6.20 Å². The lowest BCUT2D eigenvalue weighted by molar-refractivity contribution is -0.130. The van der Waals surface area contributed by atoms with Crippen molar-refractivity contribution in [3.8, 4) is 0 Å². The minimum absolute atomic E-state index is 0.130. The van der Waals surface area contributed by atoms with Crippen molar-refractivity contribution in [2.24, 2.45) is 0 Å². The van der Waals surface area contributed by atoms with Gasteiger partial charge in [0, 0.05) is 32.6 Å². The van der Waals surface area contributed by atoms with Gasteiger partial charge in [-0.05, 0) is 6.42 Å². The number of rotatable bonds is 2. The van der Waals surface area contributed by atoms with Crippen LogP contribution in [-0.4, -0.2) is 63.2 Å². The van der Waals surface area contributed by atoms with Gasteiger partial charge < -0.3 is 9.80 Å². The molecule has 2 amide bonds. The van der Waals surface area contributed by atoms with Crippen LogP contribution in [0.25, 0.3) is 0 Å². The van der Waals surface area contributed by atoms with Gasteiger partial charge in [-0.1, -0.05) is 6.92 Å². The molecule has 1 aliphatic rings. The summed E-state index contributed by atoms with van der Waals surface area (Å²) in [5.41, 5.74) is 0.324. The number of amides is 2. The van der Waals surface area contributed by atoms with E-state index < -0.39 is 0 Å². The molecule has 1 aromatic heterocycles. The summed E-state index contributed by atoms with van der Waals surface area (Å²) in [4.78, 5) is 27.2. The van der Waals surface area contributed by atoms with Gasteiger partial charge in [0.05, 0.1) is 6.20 Å². The van der Waals surface area contributed by atoms with Gasteiger partial charge >= 0.3 is 0 Å². The molecule has 98 valence electrons. The molecule has 0 aliphatic carbocycles. The summed E-state index contributed by atoms with van der Waals surface area (Å²) in [6.45, 7) is 4.37. The van der Waals surface area contributed by atoms with Gasteiger partial charge in [-0.25, -0.2) is 0 Å². The number of aromatic amines is 1. The summed E-state index contributed by atoms with van der Waals surface area (Å²) in [7, 11) is 0.